The van der Waals surface area contributed by atoms with Crippen LogP contribution in [-0.4, -0.2) is 36.0 Å². The van der Waals surface area contributed by atoms with E-state index in [0.29, 0.717) is 25.9 Å². The SMILES string of the molecule is O=CC1CCN(C2(C(F)(F)F)CC2)CC1. The van der Waals surface area contributed by atoms with Crippen LogP contribution in [0.1, 0.15) is 25.7 Å². The van der Waals surface area contributed by atoms with E-state index >= 15 is 0 Å². The molecule has 2 aliphatic rings. The number of alkyl halides is 3. The molecule has 0 aromatic heterocycles. The van der Waals surface area contributed by atoms with Crippen LogP contribution in [0.2, 0.25) is 0 Å². The molecule has 0 aromatic carbocycles. The fourth-order valence-corrected chi connectivity index (χ4v) is 2.36. The third kappa shape index (κ3) is 1.77. The van der Waals surface area contributed by atoms with Gasteiger partial charge in [-0.25, -0.2) is 0 Å². The fourth-order valence-electron chi connectivity index (χ4n) is 2.36. The van der Waals surface area contributed by atoms with Gasteiger partial charge in [0.2, 0.25) is 0 Å². The summed E-state index contributed by atoms with van der Waals surface area (Å²) in [7, 11) is 0. The van der Waals surface area contributed by atoms with Gasteiger partial charge in [0.25, 0.3) is 0 Å². The second kappa shape index (κ2) is 3.47. The van der Waals surface area contributed by atoms with Crippen molar-refractivity contribution in [2.45, 2.75) is 37.4 Å². The summed E-state index contributed by atoms with van der Waals surface area (Å²) < 4.78 is 38.2. The molecule has 0 aromatic rings. The van der Waals surface area contributed by atoms with E-state index in [2.05, 4.69) is 0 Å². The Morgan fingerprint density at radius 3 is 2.07 bits per heavy atom. The van der Waals surface area contributed by atoms with E-state index in [4.69, 9.17) is 0 Å². The number of aldehydes is 1. The largest absolute Gasteiger partial charge is 0.406 e. The van der Waals surface area contributed by atoms with Gasteiger partial charge in [0, 0.05) is 5.92 Å². The van der Waals surface area contributed by atoms with Crippen molar-refractivity contribution in [1.82, 2.24) is 4.90 Å². The smallest absolute Gasteiger partial charge is 0.303 e. The summed E-state index contributed by atoms with van der Waals surface area (Å²) in [5.41, 5.74) is -1.54. The van der Waals surface area contributed by atoms with Crippen LogP contribution in [0, 0.1) is 5.92 Å². The molecule has 5 heteroatoms. The van der Waals surface area contributed by atoms with Gasteiger partial charge in [-0.2, -0.15) is 13.2 Å². The van der Waals surface area contributed by atoms with Crippen LogP contribution >= 0.6 is 0 Å². The van der Waals surface area contributed by atoms with Crippen molar-refractivity contribution in [3.63, 3.8) is 0 Å². The van der Waals surface area contributed by atoms with Gasteiger partial charge in [-0.1, -0.05) is 0 Å². The predicted molar refractivity (Wildman–Crippen MR) is 48.4 cm³/mol. The number of hydrogen-bond donors (Lipinski definition) is 0. The first kappa shape index (κ1) is 10.9. The zero-order chi connectivity index (χ0) is 11.1. The number of carbonyl (C=O) groups excluding carboxylic acids is 1. The van der Waals surface area contributed by atoms with Gasteiger partial charge >= 0.3 is 6.18 Å². The van der Waals surface area contributed by atoms with Crippen LogP contribution in [0.5, 0.6) is 0 Å². The summed E-state index contributed by atoms with van der Waals surface area (Å²) in [5, 5.41) is 0. The second-order valence-electron chi connectivity index (χ2n) is 4.49. The minimum absolute atomic E-state index is 0.0368. The zero-order valence-corrected chi connectivity index (χ0v) is 8.39. The van der Waals surface area contributed by atoms with Gasteiger partial charge in [-0.3, -0.25) is 4.90 Å². The Labute approximate surface area is 86.4 Å². The molecule has 2 rings (SSSR count). The lowest BCUT2D eigenvalue weighted by Gasteiger charge is -2.37. The summed E-state index contributed by atoms with van der Waals surface area (Å²) in [4.78, 5) is 12.0. The topological polar surface area (TPSA) is 20.3 Å². The van der Waals surface area contributed by atoms with E-state index in [0.717, 1.165) is 6.29 Å². The summed E-state index contributed by atoms with van der Waals surface area (Å²) in [6, 6.07) is 0. The van der Waals surface area contributed by atoms with Gasteiger partial charge in [0.15, 0.2) is 0 Å². The van der Waals surface area contributed by atoms with E-state index in [1.807, 2.05) is 0 Å². The lowest BCUT2D eigenvalue weighted by atomic mass is 9.96. The molecule has 0 N–H and O–H groups in total. The molecule has 1 saturated heterocycles. The molecule has 0 unspecified atom stereocenters. The molecule has 1 aliphatic heterocycles. The lowest BCUT2D eigenvalue weighted by Crippen LogP contribution is -2.51. The highest BCUT2D eigenvalue weighted by molar-refractivity contribution is 5.53. The van der Waals surface area contributed by atoms with Crippen molar-refractivity contribution in [3.05, 3.63) is 0 Å². The molecule has 2 fully saturated rings. The molecular weight excluding hydrogens is 207 g/mol. The van der Waals surface area contributed by atoms with Crippen LogP contribution in [0.25, 0.3) is 0 Å². The Morgan fingerprint density at radius 2 is 1.73 bits per heavy atom. The average Bonchev–Trinajstić information content (AvgIpc) is 2.98. The molecular formula is C10H14F3NO. The van der Waals surface area contributed by atoms with Crippen molar-refractivity contribution in [3.8, 4) is 0 Å². The Kier molecular flexibility index (Phi) is 2.53. The number of halogens is 3. The van der Waals surface area contributed by atoms with Crippen molar-refractivity contribution in [1.29, 1.82) is 0 Å². The molecule has 0 radical (unpaired) electrons. The van der Waals surface area contributed by atoms with Crippen molar-refractivity contribution >= 4 is 6.29 Å². The van der Waals surface area contributed by atoms with E-state index < -0.39 is 11.7 Å². The van der Waals surface area contributed by atoms with Gasteiger partial charge < -0.3 is 4.79 Å². The highest BCUT2D eigenvalue weighted by Gasteiger charge is 2.66. The minimum Gasteiger partial charge on any atom is -0.303 e. The molecule has 15 heavy (non-hydrogen) atoms. The van der Waals surface area contributed by atoms with E-state index in [1.54, 1.807) is 0 Å². The van der Waals surface area contributed by atoms with E-state index in [-0.39, 0.29) is 18.8 Å². The minimum atomic E-state index is -4.11. The second-order valence-corrected chi connectivity index (χ2v) is 4.49. The number of piperidine rings is 1. The molecule has 86 valence electrons. The third-order valence-electron chi connectivity index (χ3n) is 3.59. The van der Waals surface area contributed by atoms with E-state index in [1.165, 1.54) is 4.90 Å². The van der Waals surface area contributed by atoms with E-state index in [9.17, 15) is 18.0 Å². The molecule has 0 amide bonds. The van der Waals surface area contributed by atoms with Crippen molar-refractivity contribution in [2.75, 3.05) is 13.1 Å². The maximum absolute atomic E-state index is 12.7. The third-order valence-corrected chi connectivity index (χ3v) is 3.59. The fraction of sp³-hybridized carbons (Fsp3) is 0.900. The standard InChI is InChI=1S/C10H14F3NO/c11-10(12,13)9(3-4-9)14-5-1-8(7-15)2-6-14/h7-8H,1-6H2. The molecule has 0 spiro atoms. The summed E-state index contributed by atoms with van der Waals surface area (Å²) in [5.74, 6) is -0.0368. The van der Waals surface area contributed by atoms with Crippen LogP contribution in [0.3, 0.4) is 0 Å². The molecule has 2 nitrogen and oxygen atoms in total. The van der Waals surface area contributed by atoms with Crippen molar-refractivity contribution < 1.29 is 18.0 Å². The average molecular weight is 221 g/mol. The van der Waals surface area contributed by atoms with Crippen LogP contribution < -0.4 is 0 Å². The molecule has 0 atom stereocenters. The summed E-state index contributed by atoms with van der Waals surface area (Å²) >= 11 is 0. The molecule has 1 saturated carbocycles. The van der Waals surface area contributed by atoms with Crippen LogP contribution in [-0.2, 0) is 4.79 Å². The Hall–Kier alpha value is -0.580. The van der Waals surface area contributed by atoms with Crippen molar-refractivity contribution in [2.24, 2.45) is 5.92 Å². The first-order chi connectivity index (χ1) is 6.99. The normalized spacial score (nSPS) is 27.7. The van der Waals surface area contributed by atoms with Crippen LogP contribution in [0.4, 0.5) is 13.2 Å². The number of rotatable bonds is 2. The highest BCUT2D eigenvalue weighted by atomic mass is 19.4. The van der Waals surface area contributed by atoms with Crippen LogP contribution in [0.15, 0.2) is 0 Å². The van der Waals surface area contributed by atoms with Gasteiger partial charge in [-0.05, 0) is 38.8 Å². The zero-order valence-electron chi connectivity index (χ0n) is 8.39. The number of carbonyl (C=O) groups is 1. The highest BCUT2D eigenvalue weighted by Crippen LogP contribution is 2.54. The monoisotopic (exact) mass is 221 g/mol. The Morgan fingerprint density at radius 1 is 1.20 bits per heavy atom. The number of nitrogens with zero attached hydrogens (tertiary/aromatic N) is 1. The quantitative estimate of drug-likeness (QED) is 0.665. The predicted octanol–water partition coefficient (Wildman–Crippen LogP) is 1.99. The Bertz CT molecular complexity index is 252. The number of likely N-dealkylation sites (tertiary alicyclic amines) is 1. The van der Waals surface area contributed by atoms with Gasteiger partial charge in [0.1, 0.15) is 11.8 Å². The Balaban J connectivity index is 1.99. The first-order valence-electron chi connectivity index (χ1n) is 5.27. The molecule has 0 bridgehead atoms. The molecule has 1 aliphatic carbocycles. The maximum atomic E-state index is 12.7. The molecule has 1 heterocycles. The first-order valence-corrected chi connectivity index (χ1v) is 5.27. The maximum Gasteiger partial charge on any atom is 0.406 e. The summed E-state index contributed by atoms with van der Waals surface area (Å²) in [6.45, 7) is 0.811. The lowest BCUT2D eigenvalue weighted by molar-refractivity contribution is -0.199. The summed E-state index contributed by atoms with van der Waals surface area (Å²) in [6.07, 6.45) is -1.65. The number of hydrogen-bond acceptors (Lipinski definition) is 2. The van der Waals surface area contributed by atoms with Gasteiger partial charge in [-0.15, -0.1) is 0 Å². The van der Waals surface area contributed by atoms with Gasteiger partial charge in [0.05, 0.1) is 0 Å².